The van der Waals surface area contributed by atoms with Crippen LogP contribution in [0.4, 0.5) is 0 Å². The molecule has 0 saturated carbocycles. The number of hydrogen-bond donors (Lipinski definition) is 1. The summed E-state index contributed by atoms with van der Waals surface area (Å²) in [6, 6.07) is 7.27. The van der Waals surface area contributed by atoms with Crippen molar-refractivity contribution in [3.05, 3.63) is 35.4 Å². The van der Waals surface area contributed by atoms with E-state index in [1.807, 2.05) is 25.1 Å². The quantitative estimate of drug-likeness (QED) is 0.801. The molecule has 1 N–H and O–H groups in total. The number of Topliss-reactive ketones (excluding diaryl/α,β-unsaturated/α-hetero) is 1. The van der Waals surface area contributed by atoms with Crippen molar-refractivity contribution in [1.82, 2.24) is 0 Å². The van der Waals surface area contributed by atoms with Gasteiger partial charge in [0.25, 0.3) is 0 Å². The molecular formula is C12H12O3. The van der Waals surface area contributed by atoms with E-state index in [2.05, 4.69) is 0 Å². The summed E-state index contributed by atoms with van der Waals surface area (Å²) in [5, 5.41) is 8.84. The first-order valence-corrected chi connectivity index (χ1v) is 4.87. The first-order valence-electron chi connectivity index (χ1n) is 4.87. The number of hydrogen-bond acceptors (Lipinski definition) is 2. The number of aliphatic carboxylic acids is 1. The van der Waals surface area contributed by atoms with Crippen LogP contribution in [0.25, 0.3) is 0 Å². The van der Waals surface area contributed by atoms with Gasteiger partial charge in [0, 0.05) is 17.4 Å². The Bertz CT molecular complexity index is 432. The Morgan fingerprint density at radius 2 is 2.13 bits per heavy atom. The standard InChI is InChI=1S/C12H12O3/c1-12(7-11(14)15)6-10(13)8-4-2-3-5-9(8)12/h2-5H,6-7H2,1H3,(H,14,15). The predicted molar refractivity (Wildman–Crippen MR) is 55.0 cm³/mol. The zero-order valence-corrected chi connectivity index (χ0v) is 8.49. The molecule has 1 aromatic carbocycles. The predicted octanol–water partition coefficient (Wildman–Crippen LogP) is 2.01. The third-order valence-corrected chi connectivity index (χ3v) is 2.97. The first kappa shape index (κ1) is 9.90. The molecule has 0 fully saturated rings. The maximum atomic E-state index is 11.7. The molecule has 1 aliphatic carbocycles. The van der Waals surface area contributed by atoms with Gasteiger partial charge in [0.15, 0.2) is 5.78 Å². The molecule has 15 heavy (non-hydrogen) atoms. The Morgan fingerprint density at radius 1 is 1.47 bits per heavy atom. The average molecular weight is 204 g/mol. The summed E-state index contributed by atoms with van der Waals surface area (Å²) in [5.41, 5.74) is 1.03. The highest BCUT2D eigenvalue weighted by atomic mass is 16.4. The van der Waals surface area contributed by atoms with E-state index in [-0.39, 0.29) is 12.2 Å². The van der Waals surface area contributed by atoms with Crippen molar-refractivity contribution in [2.75, 3.05) is 0 Å². The third-order valence-electron chi connectivity index (χ3n) is 2.97. The van der Waals surface area contributed by atoms with E-state index in [1.54, 1.807) is 6.07 Å². The zero-order chi connectivity index (χ0) is 11.1. The summed E-state index contributed by atoms with van der Waals surface area (Å²) in [6.45, 7) is 1.84. The van der Waals surface area contributed by atoms with E-state index in [1.165, 1.54) is 0 Å². The Balaban J connectivity index is 2.47. The lowest BCUT2D eigenvalue weighted by molar-refractivity contribution is -0.138. The minimum Gasteiger partial charge on any atom is -0.481 e. The molecule has 0 amide bonds. The van der Waals surface area contributed by atoms with Gasteiger partial charge in [0.2, 0.25) is 0 Å². The second kappa shape index (κ2) is 3.19. The summed E-state index contributed by atoms with van der Waals surface area (Å²) in [7, 11) is 0. The molecule has 0 heterocycles. The topological polar surface area (TPSA) is 54.4 Å². The molecule has 2 rings (SSSR count). The van der Waals surface area contributed by atoms with Gasteiger partial charge in [-0.15, -0.1) is 0 Å². The summed E-state index contributed by atoms with van der Waals surface area (Å²) >= 11 is 0. The highest BCUT2D eigenvalue weighted by molar-refractivity contribution is 6.02. The van der Waals surface area contributed by atoms with Gasteiger partial charge in [-0.1, -0.05) is 31.2 Å². The molecule has 1 unspecified atom stereocenters. The lowest BCUT2D eigenvalue weighted by Gasteiger charge is -2.21. The van der Waals surface area contributed by atoms with Gasteiger partial charge in [-0.2, -0.15) is 0 Å². The molecule has 3 nitrogen and oxygen atoms in total. The summed E-state index contributed by atoms with van der Waals surface area (Å²) in [4.78, 5) is 22.4. The number of carbonyl (C=O) groups is 2. The van der Waals surface area contributed by atoms with Gasteiger partial charge in [-0.05, 0) is 5.56 Å². The summed E-state index contributed by atoms with van der Waals surface area (Å²) in [5.74, 6) is -0.809. The number of benzene rings is 1. The molecule has 0 aliphatic heterocycles. The van der Waals surface area contributed by atoms with Crippen LogP contribution in [0.5, 0.6) is 0 Å². The van der Waals surface area contributed by atoms with Gasteiger partial charge in [0.05, 0.1) is 6.42 Å². The molecule has 1 aliphatic rings. The Morgan fingerprint density at radius 3 is 2.80 bits per heavy atom. The lowest BCUT2D eigenvalue weighted by atomic mass is 9.81. The fourth-order valence-electron chi connectivity index (χ4n) is 2.29. The first-order chi connectivity index (χ1) is 7.03. The van der Waals surface area contributed by atoms with Crippen molar-refractivity contribution in [3.63, 3.8) is 0 Å². The van der Waals surface area contributed by atoms with Gasteiger partial charge in [-0.25, -0.2) is 0 Å². The second-order valence-electron chi connectivity index (χ2n) is 4.28. The van der Waals surface area contributed by atoms with Crippen molar-refractivity contribution < 1.29 is 14.7 Å². The van der Waals surface area contributed by atoms with Crippen LogP contribution >= 0.6 is 0 Å². The molecule has 0 spiro atoms. The number of ketones is 1. The van der Waals surface area contributed by atoms with E-state index in [0.29, 0.717) is 12.0 Å². The second-order valence-corrected chi connectivity index (χ2v) is 4.28. The molecule has 1 aromatic rings. The van der Waals surface area contributed by atoms with Crippen LogP contribution in [0.2, 0.25) is 0 Å². The summed E-state index contributed by atoms with van der Waals surface area (Å²) < 4.78 is 0. The van der Waals surface area contributed by atoms with Crippen molar-refractivity contribution in [2.24, 2.45) is 0 Å². The number of carboxylic acids is 1. The van der Waals surface area contributed by atoms with Crippen molar-refractivity contribution in [2.45, 2.75) is 25.2 Å². The summed E-state index contributed by atoms with van der Waals surface area (Å²) in [6.07, 6.45) is 0.314. The van der Waals surface area contributed by atoms with Crippen LogP contribution in [0.3, 0.4) is 0 Å². The van der Waals surface area contributed by atoms with Gasteiger partial charge >= 0.3 is 5.97 Å². The van der Waals surface area contributed by atoms with Crippen LogP contribution in [0, 0.1) is 0 Å². The maximum Gasteiger partial charge on any atom is 0.304 e. The molecule has 0 saturated heterocycles. The Kier molecular flexibility index (Phi) is 2.11. The highest BCUT2D eigenvalue weighted by Gasteiger charge is 2.40. The minimum absolute atomic E-state index is 0.00968. The fraction of sp³-hybridized carbons (Fsp3) is 0.333. The van der Waals surface area contributed by atoms with Crippen LogP contribution in [-0.2, 0) is 10.2 Å². The number of rotatable bonds is 2. The van der Waals surface area contributed by atoms with Crippen LogP contribution in [0.15, 0.2) is 24.3 Å². The molecule has 0 aromatic heterocycles. The van der Waals surface area contributed by atoms with Gasteiger partial charge < -0.3 is 5.11 Å². The molecule has 78 valence electrons. The van der Waals surface area contributed by atoms with Crippen molar-refractivity contribution >= 4 is 11.8 Å². The fourth-order valence-corrected chi connectivity index (χ4v) is 2.29. The molecule has 0 bridgehead atoms. The maximum absolute atomic E-state index is 11.7. The van der Waals surface area contributed by atoms with Crippen LogP contribution < -0.4 is 0 Å². The molecule has 1 atom stereocenters. The van der Waals surface area contributed by atoms with E-state index >= 15 is 0 Å². The Labute approximate surface area is 87.7 Å². The Hall–Kier alpha value is -1.64. The molecule has 0 radical (unpaired) electrons. The normalized spacial score (nSPS) is 23.9. The van der Waals surface area contributed by atoms with Crippen molar-refractivity contribution in [1.29, 1.82) is 0 Å². The highest BCUT2D eigenvalue weighted by Crippen LogP contribution is 2.40. The van der Waals surface area contributed by atoms with Crippen LogP contribution in [-0.4, -0.2) is 16.9 Å². The molecule has 3 heteroatoms. The number of fused-ring (bicyclic) bond motifs is 1. The van der Waals surface area contributed by atoms with E-state index in [4.69, 9.17) is 5.11 Å². The van der Waals surface area contributed by atoms with E-state index in [9.17, 15) is 9.59 Å². The lowest BCUT2D eigenvalue weighted by Crippen LogP contribution is -2.23. The average Bonchev–Trinajstić information content (AvgIpc) is 2.39. The van der Waals surface area contributed by atoms with Crippen LogP contribution in [0.1, 0.15) is 35.7 Å². The largest absolute Gasteiger partial charge is 0.481 e. The van der Waals surface area contributed by atoms with E-state index < -0.39 is 11.4 Å². The number of carbonyl (C=O) groups excluding carboxylic acids is 1. The monoisotopic (exact) mass is 204 g/mol. The van der Waals surface area contributed by atoms with Gasteiger partial charge in [0.1, 0.15) is 0 Å². The SMILES string of the molecule is CC1(CC(=O)O)CC(=O)c2ccccc21. The number of carboxylic acid groups (broad SMARTS) is 1. The smallest absolute Gasteiger partial charge is 0.304 e. The van der Waals surface area contributed by atoms with E-state index in [0.717, 1.165) is 5.56 Å². The zero-order valence-electron chi connectivity index (χ0n) is 8.49. The third kappa shape index (κ3) is 1.54. The van der Waals surface area contributed by atoms with Gasteiger partial charge in [-0.3, -0.25) is 9.59 Å². The van der Waals surface area contributed by atoms with Crippen molar-refractivity contribution in [3.8, 4) is 0 Å². The minimum atomic E-state index is -0.859. The molecular weight excluding hydrogens is 192 g/mol.